The lowest BCUT2D eigenvalue weighted by Crippen LogP contribution is -2.47. The Labute approximate surface area is 191 Å². The van der Waals surface area contributed by atoms with Gasteiger partial charge in [0.05, 0.1) is 5.56 Å². The Morgan fingerprint density at radius 3 is 2.18 bits per heavy atom. The number of nitrogens with zero attached hydrogens (tertiary/aromatic N) is 1. The largest absolute Gasteiger partial charge is 0.478 e. The number of aromatic nitrogens is 1. The van der Waals surface area contributed by atoms with Crippen molar-refractivity contribution < 1.29 is 32.9 Å². The summed E-state index contributed by atoms with van der Waals surface area (Å²) in [5, 5.41) is 19.7. The van der Waals surface area contributed by atoms with Gasteiger partial charge >= 0.3 is 12.1 Å². The third-order valence-corrected chi connectivity index (χ3v) is 5.69. The van der Waals surface area contributed by atoms with E-state index in [0.717, 1.165) is 22.9 Å². The zero-order valence-corrected chi connectivity index (χ0v) is 18.2. The van der Waals surface area contributed by atoms with Gasteiger partial charge in [-0.1, -0.05) is 24.6 Å². The van der Waals surface area contributed by atoms with Crippen LogP contribution in [0.4, 0.5) is 13.2 Å². The number of carboxylic acids is 1. The van der Waals surface area contributed by atoms with Gasteiger partial charge < -0.3 is 19.5 Å². The van der Waals surface area contributed by atoms with E-state index in [4.69, 9.17) is 21.4 Å². The van der Waals surface area contributed by atoms with Crippen LogP contribution in [0.5, 0.6) is 11.5 Å². The Bertz CT molecular complexity index is 1240. The van der Waals surface area contributed by atoms with E-state index >= 15 is 0 Å². The molecule has 1 heterocycles. The third kappa shape index (κ3) is 4.74. The fourth-order valence-electron chi connectivity index (χ4n) is 3.43. The molecule has 174 valence electrons. The molecule has 0 fully saturated rings. The number of hydrogen-bond donors (Lipinski definition) is 2. The van der Waals surface area contributed by atoms with E-state index in [2.05, 4.69) is 0 Å². The molecular formula is C23H19ClF3NO5. The first kappa shape index (κ1) is 24.3. The summed E-state index contributed by atoms with van der Waals surface area (Å²) >= 11 is 6.27. The summed E-state index contributed by atoms with van der Waals surface area (Å²) in [6, 6.07) is 11.4. The average Bonchev–Trinajstić information content (AvgIpc) is 2.74. The maximum absolute atomic E-state index is 14.1. The normalized spacial score (nSPS) is 14.4. The van der Waals surface area contributed by atoms with Gasteiger partial charge in [0.15, 0.2) is 5.60 Å². The Morgan fingerprint density at radius 1 is 1.06 bits per heavy atom. The van der Waals surface area contributed by atoms with E-state index in [9.17, 15) is 27.9 Å². The van der Waals surface area contributed by atoms with Crippen molar-refractivity contribution in [2.24, 2.45) is 7.05 Å². The maximum atomic E-state index is 14.1. The molecule has 33 heavy (non-hydrogen) atoms. The highest BCUT2D eigenvalue weighted by Gasteiger charge is 2.59. The van der Waals surface area contributed by atoms with Crippen molar-refractivity contribution >= 4 is 17.6 Å². The van der Waals surface area contributed by atoms with Crippen LogP contribution in [0.1, 0.15) is 34.3 Å². The number of alkyl halides is 3. The molecule has 0 aliphatic carbocycles. The Balaban J connectivity index is 1.96. The van der Waals surface area contributed by atoms with Crippen LogP contribution in [0.2, 0.25) is 5.02 Å². The number of aromatic carboxylic acids is 1. The van der Waals surface area contributed by atoms with Crippen LogP contribution in [0.25, 0.3) is 0 Å². The molecule has 0 saturated heterocycles. The molecule has 0 radical (unpaired) electrons. The van der Waals surface area contributed by atoms with Crippen LogP contribution >= 0.6 is 11.6 Å². The fraction of sp³-hybridized carbons (Fsp3) is 0.217. The van der Waals surface area contributed by atoms with E-state index in [1.807, 2.05) is 0 Å². The summed E-state index contributed by atoms with van der Waals surface area (Å²) in [7, 11) is 1.29. The second kappa shape index (κ2) is 8.92. The van der Waals surface area contributed by atoms with E-state index in [0.29, 0.717) is 5.75 Å². The van der Waals surface area contributed by atoms with Gasteiger partial charge in [-0.2, -0.15) is 13.2 Å². The monoisotopic (exact) mass is 481 g/mol. The molecule has 0 amide bonds. The van der Waals surface area contributed by atoms with Gasteiger partial charge in [-0.25, -0.2) is 4.79 Å². The van der Waals surface area contributed by atoms with Crippen molar-refractivity contribution in [3.05, 3.63) is 92.9 Å². The van der Waals surface area contributed by atoms with Crippen molar-refractivity contribution in [3.63, 3.8) is 0 Å². The smallest absolute Gasteiger partial charge is 0.422 e. The fourth-order valence-corrected chi connectivity index (χ4v) is 3.76. The lowest BCUT2D eigenvalue weighted by Gasteiger charge is -2.37. The van der Waals surface area contributed by atoms with Crippen LogP contribution in [-0.4, -0.2) is 26.9 Å². The second-order valence-corrected chi connectivity index (χ2v) is 7.87. The summed E-state index contributed by atoms with van der Waals surface area (Å²) in [4.78, 5) is 22.5. The summed E-state index contributed by atoms with van der Waals surface area (Å²) in [5.74, 6) is -2.13. The maximum Gasteiger partial charge on any atom is 0.422 e. The molecule has 2 aromatic carbocycles. The lowest BCUT2D eigenvalue weighted by atomic mass is 9.78. The van der Waals surface area contributed by atoms with Crippen molar-refractivity contribution in [2.75, 3.05) is 0 Å². The minimum absolute atomic E-state index is 0.0129. The summed E-state index contributed by atoms with van der Waals surface area (Å²) in [6.45, 7) is 1.19. The SMILES string of the molecule is CC(c1ccc(Oc2ccc(C(=O)O)cc2)cc1Cl)C(O)(c1ccc(=O)n(C)c1)C(F)(F)F. The topological polar surface area (TPSA) is 88.8 Å². The molecule has 3 rings (SSSR count). The molecule has 0 bridgehead atoms. The molecule has 2 atom stereocenters. The zero-order chi connectivity index (χ0) is 24.6. The number of aryl methyl sites for hydroxylation is 1. The van der Waals surface area contributed by atoms with Gasteiger partial charge in [0.2, 0.25) is 5.56 Å². The quantitative estimate of drug-likeness (QED) is 0.512. The van der Waals surface area contributed by atoms with Crippen LogP contribution in [0.15, 0.2) is 65.6 Å². The van der Waals surface area contributed by atoms with Crippen molar-refractivity contribution in [3.8, 4) is 11.5 Å². The number of aliphatic hydroxyl groups is 1. The number of carboxylic acid groups (broad SMARTS) is 1. The molecule has 10 heteroatoms. The number of hydrogen-bond acceptors (Lipinski definition) is 4. The summed E-state index contributed by atoms with van der Waals surface area (Å²) < 4.78 is 48.8. The highest BCUT2D eigenvalue weighted by atomic mass is 35.5. The van der Waals surface area contributed by atoms with Crippen LogP contribution in [0, 0.1) is 0 Å². The van der Waals surface area contributed by atoms with Crippen molar-refractivity contribution in [1.82, 2.24) is 4.57 Å². The predicted octanol–water partition coefficient (Wildman–Crippen LogP) is 5.08. The highest BCUT2D eigenvalue weighted by Crippen LogP contribution is 2.49. The first-order valence-corrected chi connectivity index (χ1v) is 9.99. The van der Waals surface area contributed by atoms with Gasteiger partial charge in [0.25, 0.3) is 0 Å². The number of ether oxygens (including phenoxy) is 1. The number of halogens is 4. The number of benzene rings is 2. The van der Waals surface area contributed by atoms with Crippen LogP contribution in [-0.2, 0) is 12.6 Å². The van der Waals surface area contributed by atoms with Gasteiger partial charge in [0.1, 0.15) is 11.5 Å². The molecule has 3 aromatic rings. The lowest BCUT2D eigenvalue weighted by molar-refractivity contribution is -0.274. The van der Waals surface area contributed by atoms with E-state index in [1.54, 1.807) is 0 Å². The van der Waals surface area contributed by atoms with E-state index < -0.39 is 34.8 Å². The number of carbonyl (C=O) groups is 1. The summed E-state index contributed by atoms with van der Waals surface area (Å²) in [5.41, 5.74) is -4.27. The average molecular weight is 482 g/mol. The van der Waals surface area contributed by atoms with Crippen LogP contribution in [0.3, 0.4) is 0 Å². The van der Waals surface area contributed by atoms with E-state index in [1.165, 1.54) is 56.4 Å². The number of rotatable bonds is 6. The van der Waals surface area contributed by atoms with Gasteiger partial charge in [-0.15, -0.1) is 0 Å². The first-order valence-electron chi connectivity index (χ1n) is 9.61. The molecule has 0 aliphatic rings. The highest BCUT2D eigenvalue weighted by molar-refractivity contribution is 6.31. The molecule has 2 N–H and O–H groups in total. The second-order valence-electron chi connectivity index (χ2n) is 7.47. The molecule has 0 aliphatic heterocycles. The Hall–Kier alpha value is -3.30. The molecule has 2 unspecified atom stereocenters. The Kier molecular flexibility index (Phi) is 6.58. The molecule has 0 spiro atoms. The van der Waals surface area contributed by atoms with Gasteiger partial charge in [-0.05, 0) is 48.0 Å². The molecule has 0 saturated carbocycles. The molecule has 1 aromatic heterocycles. The minimum atomic E-state index is -5.08. The van der Waals surface area contributed by atoms with Crippen molar-refractivity contribution in [1.29, 1.82) is 0 Å². The first-order chi connectivity index (χ1) is 15.3. The minimum Gasteiger partial charge on any atom is -0.478 e. The van der Waals surface area contributed by atoms with Gasteiger partial charge in [-0.3, -0.25) is 4.79 Å². The summed E-state index contributed by atoms with van der Waals surface area (Å²) in [6.07, 6.45) is -4.13. The number of pyridine rings is 1. The van der Waals surface area contributed by atoms with Crippen molar-refractivity contribution in [2.45, 2.75) is 24.6 Å². The Morgan fingerprint density at radius 2 is 1.67 bits per heavy atom. The molecular weight excluding hydrogens is 463 g/mol. The van der Waals surface area contributed by atoms with Gasteiger partial charge in [0, 0.05) is 35.8 Å². The third-order valence-electron chi connectivity index (χ3n) is 5.36. The van der Waals surface area contributed by atoms with Crippen LogP contribution < -0.4 is 10.3 Å². The molecule has 6 nitrogen and oxygen atoms in total. The standard InChI is InChI=1S/C23H19ClF3NO5/c1-13(22(32,23(25,26)27)15-5-10-20(29)28(2)12-15)18-9-8-17(11-19(18)24)33-16-6-3-14(4-7-16)21(30)31/h3-13,32H,1-2H3,(H,30,31). The predicted molar refractivity (Wildman–Crippen MR) is 115 cm³/mol. The zero-order valence-electron chi connectivity index (χ0n) is 17.4. The van der Waals surface area contributed by atoms with E-state index in [-0.39, 0.29) is 21.9 Å².